The van der Waals surface area contributed by atoms with Gasteiger partial charge in [-0.1, -0.05) is 41.9 Å². The first kappa shape index (κ1) is 23.6. The molecule has 0 aliphatic rings. The first-order valence-electron chi connectivity index (χ1n) is 10.5. The number of aryl methyl sites for hydroxylation is 1. The van der Waals surface area contributed by atoms with E-state index in [1.807, 2.05) is 48.0 Å². The van der Waals surface area contributed by atoms with Crippen LogP contribution in [0.2, 0.25) is 5.15 Å². The highest BCUT2D eigenvalue weighted by molar-refractivity contribution is 7.90. The number of rotatable bonds is 6. The minimum absolute atomic E-state index is 0.226. The number of pyridine rings is 3. The lowest BCUT2D eigenvalue weighted by Gasteiger charge is -2.13. The molecule has 0 bridgehead atoms. The zero-order valence-electron chi connectivity index (χ0n) is 18.4. The summed E-state index contributed by atoms with van der Waals surface area (Å²) in [5, 5.41) is 0.650. The molecular formula is C24H21ClN4O4S. The van der Waals surface area contributed by atoms with Crippen LogP contribution in [0.15, 0.2) is 59.4 Å². The number of H-pyrrole nitrogens is 1. The summed E-state index contributed by atoms with van der Waals surface area (Å²) < 4.78 is 25.3. The second-order valence-electron chi connectivity index (χ2n) is 7.73. The Morgan fingerprint density at radius 2 is 1.79 bits per heavy atom. The van der Waals surface area contributed by atoms with Crippen LogP contribution in [-0.4, -0.2) is 35.0 Å². The predicted octanol–water partition coefficient (Wildman–Crippen LogP) is 3.62. The Hall–Kier alpha value is -3.56. The van der Waals surface area contributed by atoms with Crippen molar-refractivity contribution in [3.8, 4) is 22.4 Å². The average Bonchev–Trinajstić information content (AvgIpc) is 2.78. The second kappa shape index (κ2) is 9.36. The van der Waals surface area contributed by atoms with Crippen molar-refractivity contribution in [3.05, 3.63) is 81.4 Å². The summed E-state index contributed by atoms with van der Waals surface area (Å²) in [6.07, 6.45) is -0.312. The monoisotopic (exact) mass is 496 g/mol. The first-order valence-corrected chi connectivity index (χ1v) is 12.5. The summed E-state index contributed by atoms with van der Waals surface area (Å²) in [7, 11) is -3.70. The van der Waals surface area contributed by atoms with Gasteiger partial charge in [0.1, 0.15) is 10.8 Å². The number of aromatic amines is 1. The van der Waals surface area contributed by atoms with Gasteiger partial charge >= 0.3 is 0 Å². The standard InChI is InChI=1S/C24H21ClN4O4S/c1-3-34(32,33)29-22(31)12-17-11-20(30)19-13-18(16-9-14(2)26-21(25)10-16)23(28-24(19)27-17)15-7-5-4-6-8-15/h4-11,13H,3,12H2,1-2H3,(H,29,31)(H,27,28,30). The number of sulfonamides is 1. The maximum absolute atomic E-state index is 12.9. The fourth-order valence-corrected chi connectivity index (χ4v) is 4.40. The van der Waals surface area contributed by atoms with E-state index in [2.05, 4.69) is 9.97 Å². The van der Waals surface area contributed by atoms with E-state index < -0.39 is 15.9 Å². The van der Waals surface area contributed by atoms with Gasteiger partial charge in [0.2, 0.25) is 15.9 Å². The van der Waals surface area contributed by atoms with Gasteiger partial charge in [-0.05, 0) is 37.6 Å². The molecule has 0 aliphatic carbocycles. The molecule has 10 heteroatoms. The van der Waals surface area contributed by atoms with Crippen LogP contribution in [0, 0.1) is 6.92 Å². The van der Waals surface area contributed by atoms with Crippen molar-refractivity contribution in [3.63, 3.8) is 0 Å². The fourth-order valence-electron chi connectivity index (χ4n) is 3.59. The second-order valence-corrected chi connectivity index (χ2v) is 10.1. The van der Waals surface area contributed by atoms with Crippen LogP contribution < -0.4 is 10.2 Å². The molecule has 1 aromatic carbocycles. The van der Waals surface area contributed by atoms with Crippen LogP contribution in [-0.2, 0) is 21.2 Å². The smallest absolute Gasteiger partial charge is 0.239 e. The third-order valence-corrected chi connectivity index (χ3v) is 6.65. The number of fused-ring (bicyclic) bond motifs is 1. The van der Waals surface area contributed by atoms with Gasteiger partial charge in [0, 0.05) is 28.6 Å². The molecule has 0 saturated carbocycles. The van der Waals surface area contributed by atoms with Crippen LogP contribution >= 0.6 is 11.6 Å². The molecule has 0 saturated heterocycles. The van der Waals surface area contributed by atoms with Crippen molar-refractivity contribution in [2.45, 2.75) is 20.3 Å². The topological polar surface area (TPSA) is 122 Å². The number of amides is 1. The molecule has 0 atom stereocenters. The molecule has 4 aromatic rings. The number of benzene rings is 1. The highest BCUT2D eigenvalue weighted by atomic mass is 35.5. The van der Waals surface area contributed by atoms with Gasteiger partial charge in [-0.2, -0.15) is 0 Å². The molecule has 34 heavy (non-hydrogen) atoms. The van der Waals surface area contributed by atoms with E-state index in [1.165, 1.54) is 13.0 Å². The summed E-state index contributed by atoms with van der Waals surface area (Å²) in [4.78, 5) is 37.1. The normalized spacial score (nSPS) is 11.5. The van der Waals surface area contributed by atoms with Gasteiger partial charge in [0.15, 0.2) is 5.43 Å². The van der Waals surface area contributed by atoms with Gasteiger partial charge in [-0.15, -0.1) is 0 Å². The molecule has 3 heterocycles. The molecule has 0 radical (unpaired) electrons. The molecule has 3 aromatic heterocycles. The molecule has 174 valence electrons. The van der Waals surface area contributed by atoms with E-state index in [0.717, 1.165) is 16.8 Å². The van der Waals surface area contributed by atoms with Gasteiger partial charge in [0.25, 0.3) is 0 Å². The van der Waals surface area contributed by atoms with Crippen molar-refractivity contribution in [2.75, 3.05) is 5.75 Å². The van der Waals surface area contributed by atoms with E-state index in [4.69, 9.17) is 16.6 Å². The quantitative estimate of drug-likeness (QED) is 0.393. The maximum atomic E-state index is 12.9. The zero-order valence-corrected chi connectivity index (χ0v) is 20.0. The Morgan fingerprint density at radius 3 is 2.47 bits per heavy atom. The van der Waals surface area contributed by atoms with Gasteiger partial charge in [-0.25, -0.2) is 18.4 Å². The minimum atomic E-state index is -3.70. The highest BCUT2D eigenvalue weighted by Gasteiger charge is 2.17. The number of aromatic nitrogens is 3. The van der Waals surface area contributed by atoms with E-state index in [0.29, 0.717) is 21.8 Å². The molecule has 0 aliphatic heterocycles. The zero-order chi connectivity index (χ0) is 24.5. The van der Waals surface area contributed by atoms with Crippen LogP contribution in [0.1, 0.15) is 18.3 Å². The summed E-state index contributed by atoms with van der Waals surface area (Å²) in [6.45, 7) is 3.26. The SMILES string of the molecule is CCS(=O)(=O)NC(=O)Cc1cc(=O)c2cc(-c3cc(C)nc(Cl)c3)c(-c3ccccc3)nc2[nH]1. The van der Waals surface area contributed by atoms with Crippen LogP contribution in [0.4, 0.5) is 0 Å². The van der Waals surface area contributed by atoms with E-state index in [9.17, 15) is 18.0 Å². The maximum Gasteiger partial charge on any atom is 0.239 e. The number of carbonyl (C=O) groups is 1. The number of carbonyl (C=O) groups excluding carboxylic acids is 1. The van der Waals surface area contributed by atoms with E-state index in [-0.39, 0.29) is 28.9 Å². The summed E-state index contributed by atoms with van der Waals surface area (Å²) in [5.74, 6) is -0.963. The number of nitrogens with zero attached hydrogens (tertiary/aromatic N) is 2. The van der Waals surface area contributed by atoms with Crippen LogP contribution in [0.25, 0.3) is 33.4 Å². The minimum Gasteiger partial charge on any atom is -0.343 e. The van der Waals surface area contributed by atoms with Crippen molar-refractivity contribution >= 4 is 38.6 Å². The molecule has 2 N–H and O–H groups in total. The van der Waals surface area contributed by atoms with Crippen molar-refractivity contribution in [2.24, 2.45) is 0 Å². The van der Waals surface area contributed by atoms with Crippen molar-refractivity contribution in [1.29, 1.82) is 0 Å². The molecule has 1 amide bonds. The third kappa shape index (κ3) is 5.16. The molecule has 0 fully saturated rings. The fraction of sp³-hybridized carbons (Fsp3) is 0.167. The molecule has 0 spiro atoms. The summed E-state index contributed by atoms with van der Waals surface area (Å²) >= 11 is 6.19. The van der Waals surface area contributed by atoms with Gasteiger partial charge < -0.3 is 4.98 Å². The molecular weight excluding hydrogens is 476 g/mol. The lowest BCUT2D eigenvalue weighted by atomic mass is 9.98. The molecule has 8 nitrogen and oxygen atoms in total. The molecule has 4 rings (SSSR count). The lowest BCUT2D eigenvalue weighted by molar-refractivity contribution is -0.118. The Morgan fingerprint density at radius 1 is 1.06 bits per heavy atom. The number of nitrogens with one attached hydrogen (secondary N) is 2. The lowest BCUT2D eigenvalue weighted by Crippen LogP contribution is -2.33. The highest BCUT2D eigenvalue weighted by Crippen LogP contribution is 2.33. The Kier molecular flexibility index (Phi) is 6.49. The van der Waals surface area contributed by atoms with E-state index in [1.54, 1.807) is 12.1 Å². The van der Waals surface area contributed by atoms with Gasteiger partial charge in [-0.3, -0.25) is 14.3 Å². The Labute approximate surface area is 201 Å². The molecule has 0 unspecified atom stereocenters. The first-order chi connectivity index (χ1) is 16.1. The third-order valence-electron chi connectivity index (χ3n) is 5.15. The van der Waals surface area contributed by atoms with Crippen LogP contribution in [0.5, 0.6) is 0 Å². The van der Waals surface area contributed by atoms with Crippen LogP contribution in [0.3, 0.4) is 0 Å². The average molecular weight is 497 g/mol. The largest absolute Gasteiger partial charge is 0.343 e. The summed E-state index contributed by atoms with van der Waals surface area (Å²) in [5.41, 5.74) is 3.81. The predicted molar refractivity (Wildman–Crippen MR) is 132 cm³/mol. The van der Waals surface area contributed by atoms with Crippen molar-refractivity contribution in [1.82, 2.24) is 19.7 Å². The summed E-state index contributed by atoms with van der Waals surface area (Å²) in [6, 6.07) is 16.0. The number of halogens is 1. The van der Waals surface area contributed by atoms with Crippen molar-refractivity contribution < 1.29 is 13.2 Å². The Bertz CT molecular complexity index is 1550. The Balaban J connectivity index is 1.87. The number of hydrogen-bond donors (Lipinski definition) is 2. The number of hydrogen-bond acceptors (Lipinski definition) is 6. The van der Waals surface area contributed by atoms with Gasteiger partial charge in [0.05, 0.1) is 23.3 Å². The van der Waals surface area contributed by atoms with E-state index >= 15 is 0 Å².